The zero-order chi connectivity index (χ0) is 21.7. The van der Waals surface area contributed by atoms with E-state index in [1.807, 2.05) is 20.8 Å². The number of nitrogens with two attached hydrogens (primary N) is 1. The van der Waals surface area contributed by atoms with Crippen LogP contribution in [-0.2, 0) is 22.5 Å². The van der Waals surface area contributed by atoms with E-state index < -0.39 is 11.2 Å². The Kier molecular flexibility index (Phi) is 7.38. The first-order valence-corrected chi connectivity index (χ1v) is 9.51. The van der Waals surface area contributed by atoms with Crippen LogP contribution in [0.25, 0.3) is 0 Å². The first-order valence-electron chi connectivity index (χ1n) is 9.51. The minimum atomic E-state index is -0.700. The Hall–Kier alpha value is -2.88. The number of amides is 1. The van der Waals surface area contributed by atoms with Crippen molar-refractivity contribution >= 4 is 17.4 Å². The molecule has 29 heavy (non-hydrogen) atoms. The van der Waals surface area contributed by atoms with Gasteiger partial charge < -0.3 is 19.9 Å². The van der Waals surface area contributed by atoms with Crippen LogP contribution in [0.2, 0.25) is 0 Å². The highest BCUT2D eigenvalue weighted by Crippen LogP contribution is 2.20. The largest absolute Gasteiger partial charge is 0.383 e. The zero-order valence-corrected chi connectivity index (χ0v) is 17.6. The number of anilines is 2. The SMILES string of the molecule is COCCN(C(=O)CCc1c(C)noc1C)c1c(N)n(CC(C)C)c(=O)[nH]c1=O. The number of H-pyrrole nitrogens is 1. The molecule has 0 radical (unpaired) electrons. The Labute approximate surface area is 168 Å². The molecule has 0 spiro atoms. The van der Waals surface area contributed by atoms with Crippen LogP contribution < -0.4 is 21.9 Å². The lowest BCUT2D eigenvalue weighted by Gasteiger charge is -2.24. The number of nitrogens with one attached hydrogen (secondary N) is 1. The maximum absolute atomic E-state index is 13.0. The predicted octanol–water partition coefficient (Wildman–Crippen LogP) is 0.992. The highest BCUT2D eigenvalue weighted by atomic mass is 16.5. The number of hydrogen-bond donors (Lipinski definition) is 2. The van der Waals surface area contributed by atoms with Crippen LogP contribution in [0.1, 0.15) is 37.3 Å². The number of nitrogen functional groups attached to an aromatic ring is 1. The van der Waals surface area contributed by atoms with Crippen molar-refractivity contribution < 1.29 is 14.1 Å². The van der Waals surface area contributed by atoms with Crippen molar-refractivity contribution in [1.82, 2.24) is 14.7 Å². The summed E-state index contributed by atoms with van der Waals surface area (Å²) in [4.78, 5) is 41.3. The average molecular weight is 407 g/mol. The number of nitrogens with zero attached hydrogens (tertiary/aromatic N) is 3. The highest BCUT2D eigenvalue weighted by molar-refractivity contribution is 5.95. The van der Waals surface area contributed by atoms with Crippen LogP contribution in [0.5, 0.6) is 0 Å². The minimum Gasteiger partial charge on any atom is -0.383 e. The summed E-state index contributed by atoms with van der Waals surface area (Å²) in [6.07, 6.45) is 0.529. The Morgan fingerprint density at radius 2 is 2.03 bits per heavy atom. The Balaban J connectivity index is 2.40. The van der Waals surface area contributed by atoms with Gasteiger partial charge in [-0.1, -0.05) is 19.0 Å². The van der Waals surface area contributed by atoms with Crippen molar-refractivity contribution in [3.8, 4) is 0 Å². The van der Waals surface area contributed by atoms with E-state index in [2.05, 4.69) is 10.1 Å². The summed E-state index contributed by atoms with van der Waals surface area (Å²) < 4.78 is 11.5. The molecule has 0 aromatic carbocycles. The summed E-state index contributed by atoms with van der Waals surface area (Å²) in [5.41, 5.74) is 6.41. The maximum atomic E-state index is 13.0. The van der Waals surface area contributed by atoms with Gasteiger partial charge >= 0.3 is 5.69 Å². The van der Waals surface area contributed by atoms with Crippen LogP contribution in [0, 0.1) is 19.8 Å². The molecule has 0 saturated heterocycles. The van der Waals surface area contributed by atoms with Gasteiger partial charge in [0.25, 0.3) is 5.56 Å². The number of methoxy groups -OCH3 is 1. The summed E-state index contributed by atoms with van der Waals surface area (Å²) >= 11 is 0. The van der Waals surface area contributed by atoms with Gasteiger partial charge in [0.2, 0.25) is 5.91 Å². The van der Waals surface area contributed by atoms with Gasteiger partial charge in [0, 0.05) is 32.2 Å². The summed E-state index contributed by atoms with van der Waals surface area (Å²) in [6.45, 7) is 8.10. The van der Waals surface area contributed by atoms with Crippen LogP contribution in [0.15, 0.2) is 14.1 Å². The van der Waals surface area contributed by atoms with E-state index in [1.165, 1.54) is 16.6 Å². The average Bonchev–Trinajstić information content (AvgIpc) is 2.97. The number of aryl methyl sites for hydroxylation is 2. The molecule has 2 aromatic heterocycles. The van der Waals surface area contributed by atoms with E-state index in [-0.39, 0.29) is 42.9 Å². The summed E-state index contributed by atoms with van der Waals surface area (Å²) in [7, 11) is 1.50. The molecule has 0 aliphatic carbocycles. The van der Waals surface area contributed by atoms with Crippen molar-refractivity contribution in [2.75, 3.05) is 30.9 Å². The first-order chi connectivity index (χ1) is 13.7. The smallest absolute Gasteiger partial charge is 0.330 e. The van der Waals surface area contributed by atoms with Crippen molar-refractivity contribution in [2.45, 2.75) is 47.1 Å². The third-order valence-electron chi connectivity index (χ3n) is 4.62. The molecule has 1 amide bonds. The highest BCUT2D eigenvalue weighted by Gasteiger charge is 2.25. The fourth-order valence-corrected chi connectivity index (χ4v) is 3.15. The van der Waals surface area contributed by atoms with Gasteiger partial charge in [0.15, 0.2) is 5.69 Å². The molecule has 0 fully saturated rings. The fourth-order valence-electron chi connectivity index (χ4n) is 3.15. The molecule has 0 aliphatic rings. The molecule has 2 heterocycles. The molecule has 160 valence electrons. The lowest BCUT2D eigenvalue weighted by Crippen LogP contribution is -2.43. The van der Waals surface area contributed by atoms with Crippen LogP contribution in [-0.4, -0.2) is 40.9 Å². The van der Waals surface area contributed by atoms with Gasteiger partial charge in [-0.3, -0.25) is 19.1 Å². The predicted molar refractivity (Wildman–Crippen MR) is 109 cm³/mol. The lowest BCUT2D eigenvalue weighted by molar-refractivity contribution is -0.118. The lowest BCUT2D eigenvalue weighted by atomic mass is 10.1. The van der Waals surface area contributed by atoms with Crippen LogP contribution >= 0.6 is 0 Å². The Bertz CT molecular complexity index is 953. The van der Waals surface area contributed by atoms with Gasteiger partial charge in [-0.05, 0) is 26.2 Å². The first kappa shape index (κ1) is 22.4. The Morgan fingerprint density at radius 3 is 2.59 bits per heavy atom. The standard InChI is InChI=1S/C19H29N5O5/c1-11(2)10-24-17(20)16(18(26)21-19(24)27)23(8-9-28-5)15(25)7-6-14-12(3)22-29-13(14)4/h11H,6-10,20H2,1-5H3,(H,21,26,27). The van der Waals surface area contributed by atoms with E-state index in [4.69, 9.17) is 15.0 Å². The molecule has 2 aromatic rings. The molecular weight excluding hydrogens is 378 g/mol. The maximum Gasteiger partial charge on any atom is 0.330 e. The Morgan fingerprint density at radius 1 is 1.34 bits per heavy atom. The quantitative estimate of drug-likeness (QED) is 0.632. The van der Waals surface area contributed by atoms with E-state index in [9.17, 15) is 14.4 Å². The number of carbonyl (C=O) groups is 1. The summed E-state index contributed by atoms with van der Waals surface area (Å²) in [5, 5.41) is 3.89. The molecule has 0 saturated carbocycles. The van der Waals surface area contributed by atoms with Gasteiger partial charge in [0.1, 0.15) is 11.6 Å². The van der Waals surface area contributed by atoms with Crippen LogP contribution in [0.3, 0.4) is 0 Å². The molecule has 0 atom stereocenters. The van der Waals surface area contributed by atoms with E-state index in [1.54, 1.807) is 6.92 Å². The van der Waals surface area contributed by atoms with Gasteiger partial charge in [0.05, 0.1) is 12.3 Å². The molecule has 0 aliphatic heterocycles. The van der Waals surface area contributed by atoms with Gasteiger partial charge in [-0.25, -0.2) is 4.79 Å². The van der Waals surface area contributed by atoms with Crippen molar-refractivity contribution in [3.63, 3.8) is 0 Å². The molecule has 2 rings (SSSR count). The topological polar surface area (TPSA) is 136 Å². The second kappa shape index (κ2) is 9.55. The molecule has 10 heteroatoms. The van der Waals surface area contributed by atoms with E-state index in [0.717, 1.165) is 11.3 Å². The van der Waals surface area contributed by atoms with E-state index in [0.29, 0.717) is 18.7 Å². The number of hydrogen-bond acceptors (Lipinski definition) is 7. The summed E-state index contributed by atoms with van der Waals surface area (Å²) in [6, 6.07) is 0. The normalized spacial score (nSPS) is 11.2. The number of aromatic nitrogens is 3. The van der Waals surface area contributed by atoms with Crippen molar-refractivity contribution in [2.24, 2.45) is 5.92 Å². The molecule has 0 bridgehead atoms. The molecule has 0 unspecified atom stereocenters. The number of aromatic amines is 1. The molecule has 10 nitrogen and oxygen atoms in total. The van der Waals surface area contributed by atoms with Crippen LogP contribution in [0.4, 0.5) is 11.5 Å². The second-order valence-corrected chi connectivity index (χ2v) is 7.34. The third kappa shape index (κ3) is 5.14. The third-order valence-corrected chi connectivity index (χ3v) is 4.62. The monoisotopic (exact) mass is 407 g/mol. The van der Waals surface area contributed by atoms with Gasteiger partial charge in [-0.2, -0.15) is 0 Å². The van der Waals surface area contributed by atoms with Crippen molar-refractivity contribution in [1.29, 1.82) is 0 Å². The van der Waals surface area contributed by atoms with Crippen molar-refractivity contribution in [3.05, 3.63) is 37.9 Å². The molecular formula is C19H29N5O5. The minimum absolute atomic E-state index is 0.0331. The number of rotatable bonds is 9. The molecule has 3 N–H and O–H groups in total. The second-order valence-electron chi connectivity index (χ2n) is 7.34. The fraction of sp³-hybridized carbons (Fsp3) is 0.579. The number of carbonyl (C=O) groups excluding carboxylic acids is 1. The zero-order valence-electron chi connectivity index (χ0n) is 17.6. The van der Waals surface area contributed by atoms with E-state index >= 15 is 0 Å². The number of ether oxygens (including phenoxy) is 1. The summed E-state index contributed by atoms with van der Waals surface area (Å²) in [5.74, 6) is 0.432. The van der Waals surface area contributed by atoms with Gasteiger partial charge in [-0.15, -0.1) is 0 Å².